The highest BCUT2D eigenvalue weighted by Crippen LogP contribution is 2.16. The second-order valence-electron chi connectivity index (χ2n) is 4.16. The summed E-state index contributed by atoms with van der Waals surface area (Å²) in [7, 11) is 1.28. The van der Waals surface area contributed by atoms with Crippen LogP contribution < -0.4 is 5.32 Å². The van der Waals surface area contributed by atoms with E-state index in [4.69, 9.17) is 4.74 Å². The van der Waals surface area contributed by atoms with Crippen molar-refractivity contribution in [1.82, 2.24) is 5.32 Å². The summed E-state index contributed by atoms with van der Waals surface area (Å²) in [5.41, 5.74) is 1.01. The number of nitrogens with one attached hydrogen (secondary N) is 1. The Bertz CT molecular complexity index is 419. The number of rotatable bonds is 6. The lowest BCUT2D eigenvalue weighted by molar-refractivity contribution is -0.147. The van der Waals surface area contributed by atoms with Gasteiger partial charge in [-0.3, -0.25) is 4.79 Å². The van der Waals surface area contributed by atoms with E-state index in [2.05, 4.69) is 10.1 Å². The number of carbonyl (C=O) groups is 2. The number of esters is 1. The Morgan fingerprint density at radius 3 is 2.42 bits per heavy atom. The van der Waals surface area contributed by atoms with Crippen LogP contribution in [0.4, 0.5) is 0 Å². The summed E-state index contributed by atoms with van der Waals surface area (Å²) >= 11 is 0. The number of benzene rings is 1. The molecular formula is C14H19NO4. The first-order valence-electron chi connectivity index (χ1n) is 6.06. The quantitative estimate of drug-likeness (QED) is 0.790. The molecule has 1 amide bonds. The fourth-order valence-electron chi connectivity index (χ4n) is 1.62. The first-order valence-corrected chi connectivity index (χ1v) is 6.06. The van der Waals surface area contributed by atoms with Gasteiger partial charge in [-0.1, -0.05) is 30.3 Å². The van der Waals surface area contributed by atoms with E-state index in [1.54, 1.807) is 0 Å². The van der Waals surface area contributed by atoms with Crippen LogP contribution in [0.3, 0.4) is 0 Å². The molecule has 2 unspecified atom stereocenters. The van der Waals surface area contributed by atoms with E-state index in [9.17, 15) is 9.59 Å². The lowest BCUT2D eigenvalue weighted by Crippen LogP contribution is -2.43. The van der Waals surface area contributed by atoms with Crippen LogP contribution in [0.15, 0.2) is 30.3 Å². The van der Waals surface area contributed by atoms with Crippen LogP contribution in [0.1, 0.15) is 25.5 Å². The molecule has 104 valence electrons. The minimum absolute atomic E-state index is 0.0717. The third kappa shape index (κ3) is 5.09. The van der Waals surface area contributed by atoms with E-state index >= 15 is 0 Å². The van der Waals surface area contributed by atoms with Gasteiger partial charge in [0.15, 0.2) is 6.04 Å². The number of hydrogen-bond acceptors (Lipinski definition) is 4. The van der Waals surface area contributed by atoms with E-state index in [-0.39, 0.29) is 18.6 Å². The number of ether oxygens (including phenoxy) is 2. The molecule has 0 spiro atoms. The highest BCUT2D eigenvalue weighted by atomic mass is 16.5. The normalized spacial score (nSPS) is 13.4. The third-order valence-electron chi connectivity index (χ3n) is 2.65. The van der Waals surface area contributed by atoms with Crippen molar-refractivity contribution in [3.8, 4) is 0 Å². The molecule has 1 N–H and O–H groups in total. The van der Waals surface area contributed by atoms with Crippen molar-refractivity contribution in [1.29, 1.82) is 0 Å². The monoisotopic (exact) mass is 265 g/mol. The first-order chi connectivity index (χ1) is 9.04. The van der Waals surface area contributed by atoms with Gasteiger partial charge >= 0.3 is 5.97 Å². The van der Waals surface area contributed by atoms with E-state index in [1.165, 1.54) is 14.0 Å². The van der Waals surface area contributed by atoms with Crippen molar-refractivity contribution in [3.63, 3.8) is 0 Å². The largest absolute Gasteiger partial charge is 0.467 e. The number of hydrogen-bond donors (Lipinski definition) is 1. The Kier molecular flexibility index (Phi) is 6.02. The number of methoxy groups -OCH3 is 1. The Labute approximate surface area is 112 Å². The minimum Gasteiger partial charge on any atom is -0.467 e. The average molecular weight is 265 g/mol. The maximum absolute atomic E-state index is 11.5. The zero-order valence-corrected chi connectivity index (χ0v) is 11.4. The first kappa shape index (κ1) is 15.2. The lowest BCUT2D eigenvalue weighted by atomic mass is 10.1. The summed E-state index contributed by atoms with van der Waals surface area (Å²) in [6.07, 6.45) is -0.165. The molecule has 0 bridgehead atoms. The molecule has 0 saturated carbocycles. The Balaban J connectivity index is 2.56. The standard InChI is InChI=1S/C14H19NO4/c1-10(12-7-5-4-6-8-12)19-9-13(14(17)18-3)15-11(2)16/h4-8,10,13H,9H2,1-3H3,(H,15,16). The van der Waals surface area contributed by atoms with Gasteiger partial charge in [0, 0.05) is 6.92 Å². The third-order valence-corrected chi connectivity index (χ3v) is 2.65. The van der Waals surface area contributed by atoms with Gasteiger partial charge < -0.3 is 14.8 Å². The molecule has 1 aromatic carbocycles. The molecule has 5 heteroatoms. The van der Waals surface area contributed by atoms with Gasteiger partial charge in [0.05, 0.1) is 19.8 Å². The Hall–Kier alpha value is -1.88. The molecule has 0 aliphatic carbocycles. The van der Waals surface area contributed by atoms with Gasteiger partial charge in [0.1, 0.15) is 0 Å². The maximum Gasteiger partial charge on any atom is 0.330 e. The SMILES string of the molecule is COC(=O)C(COC(C)c1ccccc1)NC(C)=O. The molecule has 1 aromatic rings. The molecule has 0 aromatic heterocycles. The summed E-state index contributed by atoms with van der Waals surface area (Å²) in [5.74, 6) is -0.818. The van der Waals surface area contributed by atoms with Crippen molar-refractivity contribution >= 4 is 11.9 Å². The zero-order valence-electron chi connectivity index (χ0n) is 11.4. The summed E-state index contributed by atoms with van der Waals surface area (Å²) in [6.45, 7) is 3.30. The van der Waals surface area contributed by atoms with Gasteiger partial charge in [-0.25, -0.2) is 4.79 Å². The molecule has 0 aliphatic rings. The highest BCUT2D eigenvalue weighted by Gasteiger charge is 2.21. The van der Waals surface area contributed by atoms with Crippen molar-refractivity contribution in [3.05, 3.63) is 35.9 Å². The summed E-state index contributed by atoms with van der Waals surface area (Å²) in [6, 6.07) is 8.85. The highest BCUT2D eigenvalue weighted by molar-refractivity contribution is 5.83. The summed E-state index contributed by atoms with van der Waals surface area (Å²) in [5, 5.41) is 2.50. The molecule has 0 aliphatic heterocycles. The minimum atomic E-state index is -0.784. The second-order valence-corrected chi connectivity index (χ2v) is 4.16. The molecular weight excluding hydrogens is 246 g/mol. The Morgan fingerprint density at radius 2 is 1.89 bits per heavy atom. The van der Waals surface area contributed by atoms with Crippen LogP contribution in [0, 0.1) is 0 Å². The van der Waals surface area contributed by atoms with E-state index in [0.717, 1.165) is 5.56 Å². The van der Waals surface area contributed by atoms with Crippen LogP contribution in [0.5, 0.6) is 0 Å². The molecule has 0 heterocycles. The maximum atomic E-state index is 11.5. The van der Waals surface area contributed by atoms with Gasteiger partial charge in [-0.15, -0.1) is 0 Å². The predicted octanol–water partition coefficient (Wildman–Crippen LogP) is 1.44. The van der Waals surface area contributed by atoms with Crippen molar-refractivity contribution in [2.45, 2.75) is 26.0 Å². The molecule has 5 nitrogen and oxygen atoms in total. The van der Waals surface area contributed by atoms with Gasteiger partial charge in [-0.05, 0) is 12.5 Å². The van der Waals surface area contributed by atoms with Gasteiger partial charge in [-0.2, -0.15) is 0 Å². The molecule has 2 atom stereocenters. The lowest BCUT2D eigenvalue weighted by Gasteiger charge is -2.19. The summed E-state index contributed by atoms with van der Waals surface area (Å²) in [4.78, 5) is 22.5. The molecule has 0 radical (unpaired) electrons. The van der Waals surface area contributed by atoms with E-state index in [0.29, 0.717) is 0 Å². The van der Waals surface area contributed by atoms with Crippen LogP contribution in [-0.2, 0) is 19.1 Å². The van der Waals surface area contributed by atoms with Crippen LogP contribution in [0.25, 0.3) is 0 Å². The molecule has 19 heavy (non-hydrogen) atoms. The predicted molar refractivity (Wildman–Crippen MR) is 70.4 cm³/mol. The van der Waals surface area contributed by atoms with Gasteiger partial charge in [0.25, 0.3) is 0 Å². The van der Waals surface area contributed by atoms with Crippen molar-refractivity contribution in [2.75, 3.05) is 13.7 Å². The molecule has 0 fully saturated rings. The van der Waals surface area contributed by atoms with E-state index < -0.39 is 12.0 Å². The average Bonchev–Trinajstić information content (AvgIpc) is 2.42. The number of carbonyl (C=O) groups excluding carboxylic acids is 2. The topological polar surface area (TPSA) is 64.6 Å². The van der Waals surface area contributed by atoms with Crippen molar-refractivity contribution < 1.29 is 19.1 Å². The zero-order chi connectivity index (χ0) is 14.3. The summed E-state index contributed by atoms with van der Waals surface area (Å²) < 4.78 is 10.2. The number of amides is 1. The van der Waals surface area contributed by atoms with Crippen LogP contribution >= 0.6 is 0 Å². The smallest absolute Gasteiger partial charge is 0.330 e. The van der Waals surface area contributed by atoms with Gasteiger partial charge in [0.2, 0.25) is 5.91 Å². The fraction of sp³-hybridized carbons (Fsp3) is 0.429. The second kappa shape index (κ2) is 7.53. The Morgan fingerprint density at radius 1 is 1.26 bits per heavy atom. The van der Waals surface area contributed by atoms with Crippen LogP contribution in [0.2, 0.25) is 0 Å². The molecule has 0 saturated heterocycles. The van der Waals surface area contributed by atoms with E-state index in [1.807, 2.05) is 37.3 Å². The fourth-order valence-corrected chi connectivity index (χ4v) is 1.62. The van der Waals surface area contributed by atoms with Crippen molar-refractivity contribution in [2.24, 2.45) is 0 Å². The molecule has 1 rings (SSSR count). The van der Waals surface area contributed by atoms with Crippen LogP contribution in [-0.4, -0.2) is 31.6 Å².